The number of carbonyl (C=O) groups is 2. The van der Waals surface area contributed by atoms with E-state index in [-0.39, 0.29) is 18.5 Å². The Kier molecular flexibility index (Phi) is 53.5. The van der Waals surface area contributed by atoms with Crippen molar-refractivity contribution in [1.29, 1.82) is 0 Å². The summed E-state index contributed by atoms with van der Waals surface area (Å²) in [6, 6.07) is -0.544. The number of aliphatic hydroxyl groups excluding tert-OH is 2. The number of amides is 1. The van der Waals surface area contributed by atoms with Gasteiger partial charge in [-0.1, -0.05) is 296 Å². The van der Waals surface area contributed by atoms with E-state index in [4.69, 9.17) is 4.74 Å². The van der Waals surface area contributed by atoms with E-state index in [9.17, 15) is 19.8 Å². The summed E-state index contributed by atoms with van der Waals surface area (Å²) in [6.45, 7) is 4.97. The van der Waals surface area contributed by atoms with E-state index in [2.05, 4.69) is 19.2 Å². The number of hydrogen-bond acceptors (Lipinski definition) is 5. The Morgan fingerprint density at radius 2 is 0.641 bits per heavy atom. The minimum Gasteiger partial charge on any atom is -0.466 e. The summed E-state index contributed by atoms with van der Waals surface area (Å²) >= 11 is 0. The van der Waals surface area contributed by atoms with Gasteiger partial charge in [-0.15, -0.1) is 0 Å². The molecule has 2 unspecified atom stereocenters. The third-order valence-corrected chi connectivity index (χ3v) is 13.9. The average molecular weight is 907 g/mol. The molecule has 0 saturated heterocycles. The van der Waals surface area contributed by atoms with Crippen molar-refractivity contribution in [3.05, 3.63) is 0 Å². The molecule has 0 radical (unpaired) electrons. The van der Waals surface area contributed by atoms with Crippen LogP contribution in [-0.4, -0.2) is 47.4 Å². The maximum atomic E-state index is 12.5. The van der Waals surface area contributed by atoms with Crippen LogP contribution in [0.4, 0.5) is 0 Å². The van der Waals surface area contributed by atoms with Gasteiger partial charge in [-0.05, 0) is 25.7 Å². The summed E-state index contributed by atoms with van der Waals surface area (Å²) < 4.78 is 5.47. The highest BCUT2D eigenvalue weighted by Crippen LogP contribution is 2.18. The molecule has 0 aromatic carbocycles. The number of aliphatic hydroxyl groups is 2. The van der Waals surface area contributed by atoms with Crippen LogP contribution < -0.4 is 5.32 Å². The minimum atomic E-state index is -0.667. The van der Waals surface area contributed by atoms with Crippen molar-refractivity contribution in [3.63, 3.8) is 0 Å². The molecule has 382 valence electrons. The Hall–Kier alpha value is -1.14. The molecular formula is C58H115NO5. The molecule has 0 spiro atoms. The third-order valence-electron chi connectivity index (χ3n) is 13.9. The lowest BCUT2D eigenvalue weighted by atomic mass is 10.0. The monoisotopic (exact) mass is 906 g/mol. The summed E-state index contributed by atoms with van der Waals surface area (Å²) in [4.78, 5) is 24.5. The first kappa shape index (κ1) is 62.9. The van der Waals surface area contributed by atoms with E-state index in [0.29, 0.717) is 25.9 Å². The smallest absolute Gasteiger partial charge is 0.305 e. The van der Waals surface area contributed by atoms with E-state index >= 15 is 0 Å². The fraction of sp³-hybridized carbons (Fsp3) is 0.966. The maximum absolute atomic E-state index is 12.5. The molecule has 0 bridgehead atoms. The van der Waals surface area contributed by atoms with Crippen LogP contribution in [0.2, 0.25) is 0 Å². The highest BCUT2D eigenvalue weighted by atomic mass is 16.5. The zero-order valence-corrected chi connectivity index (χ0v) is 43.5. The Balaban J connectivity index is 3.41. The number of hydrogen-bond donors (Lipinski definition) is 3. The van der Waals surface area contributed by atoms with E-state index < -0.39 is 12.1 Å². The molecule has 6 heteroatoms. The summed E-state index contributed by atoms with van der Waals surface area (Å²) in [6.07, 6.45) is 62.3. The lowest BCUT2D eigenvalue weighted by Gasteiger charge is -2.22. The number of ether oxygens (including phenoxy) is 1. The zero-order chi connectivity index (χ0) is 46.5. The van der Waals surface area contributed by atoms with Crippen molar-refractivity contribution in [3.8, 4) is 0 Å². The van der Waals surface area contributed by atoms with Gasteiger partial charge in [0, 0.05) is 12.8 Å². The topological polar surface area (TPSA) is 95.9 Å². The van der Waals surface area contributed by atoms with Gasteiger partial charge in [0.15, 0.2) is 0 Å². The fourth-order valence-corrected chi connectivity index (χ4v) is 9.41. The molecule has 0 rings (SSSR count). The van der Waals surface area contributed by atoms with Crippen molar-refractivity contribution in [2.75, 3.05) is 13.2 Å². The maximum Gasteiger partial charge on any atom is 0.305 e. The van der Waals surface area contributed by atoms with Crippen LogP contribution in [0.5, 0.6) is 0 Å². The number of carbonyl (C=O) groups excluding carboxylic acids is 2. The summed E-state index contributed by atoms with van der Waals surface area (Å²) in [5.74, 6) is -0.0295. The Labute approximate surface area is 400 Å². The van der Waals surface area contributed by atoms with E-state index in [0.717, 1.165) is 38.5 Å². The van der Waals surface area contributed by atoms with Gasteiger partial charge >= 0.3 is 5.97 Å². The molecule has 0 aromatic heterocycles. The second-order valence-electron chi connectivity index (χ2n) is 20.3. The third kappa shape index (κ3) is 50.3. The van der Waals surface area contributed by atoms with Gasteiger partial charge < -0.3 is 20.3 Å². The molecule has 2 atom stereocenters. The van der Waals surface area contributed by atoms with Crippen molar-refractivity contribution in [2.45, 2.75) is 347 Å². The molecule has 0 aliphatic carbocycles. The first-order valence-corrected chi connectivity index (χ1v) is 29.3. The Morgan fingerprint density at radius 1 is 0.375 bits per heavy atom. The van der Waals surface area contributed by atoms with Gasteiger partial charge in [-0.3, -0.25) is 9.59 Å². The number of unbranched alkanes of at least 4 members (excludes halogenated alkanes) is 44. The van der Waals surface area contributed by atoms with E-state index in [1.54, 1.807) is 0 Å². The first-order valence-electron chi connectivity index (χ1n) is 29.3. The van der Waals surface area contributed by atoms with Gasteiger partial charge in [-0.2, -0.15) is 0 Å². The molecule has 64 heavy (non-hydrogen) atoms. The molecule has 1 amide bonds. The number of esters is 1. The van der Waals surface area contributed by atoms with Gasteiger partial charge in [0.05, 0.1) is 25.4 Å². The quantitative estimate of drug-likeness (QED) is 0.0417. The molecule has 0 aliphatic heterocycles. The average Bonchev–Trinajstić information content (AvgIpc) is 3.29. The largest absolute Gasteiger partial charge is 0.466 e. The minimum absolute atomic E-state index is 0.00712. The zero-order valence-electron chi connectivity index (χ0n) is 43.5. The van der Waals surface area contributed by atoms with Crippen LogP contribution in [0, 0.1) is 0 Å². The lowest BCUT2D eigenvalue weighted by molar-refractivity contribution is -0.143. The highest BCUT2D eigenvalue weighted by Gasteiger charge is 2.20. The van der Waals surface area contributed by atoms with Crippen molar-refractivity contribution >= 4 is 11.9 Å². The van der Waals surface area contributed by atoms with Crippen LogP contribution >= 0.6 is 0 Å². The second kappa shape index (κ2) is 54.5. The lowest BCUT2D eigenvalue weighted by Crippen LogP contribution is -2.45. The first-order chi connectivity index (χ1) is 31.5. The van der Waals surface area contributed by atoms with Crippen LogP contribution in [-0.2, 0) is 14.3 Å². The normalized spacial score (nSPS) is 12.5. The van der Waals surface area contributed by atoms with Crippen molar-refractivity contribution < 1.29 is 24.5 Å². The van der Waals surface area contributed by atoms with Crippen LogP contribution in [0.3, 0.4) is 0 Å². The van der Waals surface area contributed by atoms with Crippen LogP contribution in [0.25, 0.3) is 0 Å². The SMILES string of the molecule is CCCCCCCCCCCCCCCCCCCCC(O)C(CO)NC(=O)CCCCCCCCCCCCCCCCCCCOC(=O)CCCCCCCCCCCCCC. The molecule has 0 aliphatic rings. The number of rotatable bonds is 55. The van der Waals surface area contributed by atoms with Crippen molar-refractivity contribution in [2.24, 2.45) is 0 Å². The molecule has 0 saturated carbocycles. The van der Waals surface area contributed by atoms with Gasteiger partial charge in [0.2, 0.25) is 5.91 Å². The predicted octanol–water partition coefficient (Wildman–Crippen LogP) is 17.9. The van der Waals surface area contributed by atoms with Gasteiger partial charge in [0.1, 0.15) is 0 Å². The number of nitrogens with one attached hydrogen (secondary N) is 1. The molecule has 6 nitrogen and oxygen atoms in total. The molecule has 0 heterocycles. The Bertz CT molecular complexity index is 913. The van der Waals surface area contributed by atoms with Gasteiger partial charge in [0.25, 0.3) is 0 Å². The van der Waals surface area contributed by atoms with E-state index in [1.807, 2.05) is 0 Å². The van der Waals surface area contributed by atoms with Gasteiger partial charge in [-0.25, -0.2) is 0 Å². The van der Waals surface area contributed by atoms with E-state index in [1.165, 1.54) is 263 Å². The summed E-state index contributed by atoms with van der Waals surface area (Å²) in [7, 11) is 0. The molecule has 3 N–H and O–H groups in total. The predicted molar refractivity (Wildman–Crippen MR) is 278 cm³/mol. The van der Waals surface area contributed by atoms with Crippen LogP contribution in [0.1, 0.15) is 335 Å². The Morgan fingerprint density at radius 3 is 0.953 bits per heavy atom. The molecule has 0 fully saturated rings. The van der Waals surface area contributed by atoms with Crippen molar-refractivity contribution in [1.82, 2.24) is 5.32 Å². The summed E-state index contributed by atoms with van der Waals surface area (Å²) in [5, 5.41) is 23.3. The summed E-state index contributed by atoms with van der Waals surface area (Å²) in [5.41, 5.74) is 0. The second-order valence-corrected chi connectivity index (χ2v) is 20.3. The standard InChI is InChI=1S/C58H115NO5/c1-3-5-7-9-11-13-15-17-18-19-21-24-27-30-34-38-42-46-50-56(61)55(54-60)59-57(62)51-47-43-39-35-31-28-25-22-20-23-26-29-33-37-41-45-49-53-64-58(63)52-48-44-40-36-32-16-14-12-10-8-6-4-2/h55-56,60-61H,3-54H2,1-2H3,(H,59,62). The highest BCUT2D eigenvalue weighted by molar-refractivity contribution is 5.76. The fourth-order valence-electron chi connectivity index (χ4n) is 9.41. The van der Waals surface area contributed by atoms with Crippen LogP contribution in [0.15, 0.2) is 0 Å². The molecule has 0 aromatic rings. The molecular weight excluding hydrogens is 791 g/mol.